The number of nitrogens with one attached hydrogen (secondary N) is 2. The zero-order valence-electron chi connectivity index (χ0n) is 68.9. The molecule has 4 fully saturated rings. The standard InChI is InChI=1S/C74H96N8O40/c1-33(83)103-29-52-60(121-73-68(115-45(13)95)64(111-41(9)91)58(107-37(5)87)54(119-73)31-105-35(3)85)62(109-39(7)89)66(113-43(11)93)70(117-52)81-27-48(77-79-81)16-18-56(97)75-20-22-101-50-24-47(72(99)100-15)25-51(26-50)102-23-21-76-57(98)19-17-49-28-82(80-78-49)71-67(114-44(12)94)63(110-40(8)90)61(53(118-71)30-104-34(2)84)122-74-69(116-46(14)96)65(112-42(10)92)59(108-38(6)88)55(120-74)32-106-36(4)86/h24-28,52-55,58-71,73-74H,16-23,29-32H2,1-15H3,(H,75,97)(H,76,98)/t52-,53-,54-,55-,58-,59-,60-,61-,62+,63+,64+,65+,66-,67-,68-,69-,70-,71-,73+,74+/m1/s1. The molecule has 2 amide bonds. The molecule has 4 aliphatic rings. The molecule has 1 aromatic carbocycles. The first kappa shape index (κ1) is 97.0. The van der Waals surface area contributed by atoms with E-state index in [0.29, 0.717) is 0 Å². The molecule has 0 radical (unpaired) electrons. The molecule has 48 heteroatoms. The largest absolute Gasteiger partial charge is 0.492 e. The van der Waals surface area contributed by atoms with Crippen molar-refractivity contribution in [3.63, 3.8) is 0 Å². The lowest BCUT2D eigenvalue weighted by molar-refractivity contribution is -0.349. The summed E-state index contributed by atoms with van der Waals surface area (Å²) in [4.78, 5) is 216. The highest BCUT2D eigenvalue weighted by Crippen LogP contribution is 2.41. The summed E-state index contributed by atoms with van der Waals surface area (Å²) in [6.07, 6.45) is -32.0. The number of carbonyl (C=O) groups excluding carboxylic acids is 17. The minimum Gasteiger partial charge on any atom is -0.492 e. The average molecular weight is 1740 g/mol. The van der Waals surface area contributed by atoms with Gasteiger partial charge >= 0.3 is 89.5 Å². The second kappa shape index (κ2) is 46.0. The van der Waals surface area contributed by atoms with Crippen LogP contribution in [0.1, 0.15) is 144 Å². The van der Waals surface area contributed by atoms with Crippen LogP contribution in [0.25, 0.3) is 0 Å². The van der Waals surface area contributed by atoms with Crippen LogP contribution in [-0.2, 0) is 189 Å². The van der Waals surface area contributed by atoms with Crippen molar-refractivity contribution < 1.29 is 190 Å². The molecule has 672 valence electrons. The first-order valence-corrected chi connectivity index (χ1v) is 37.7. The van der Waals surface area contributed by atoms with Crippen LogP contribution in [0.5, 0.6) is 11.5 Å². The van der Waals surface area contributed by atoms with E-state index in [0.717, 1.165) is 113 Å². The summed E-state index contributed by atoms with van der Waals surface area (Å²) < 4.78 is 134. The average Bonchev–Trinajstić information content (AvgIpc) is 1.12. The number of rotatable bonds is 39. The van der Waals surface area contributed by atoms with Crippen LogP contribution in [0.4, 0.5) is 0 Å². The third kappa shape index (κ3) is 29.6. The number of methoxy groups -OCH3 is 1. The van der Waals surface area contributed by atoms with Crippen molar-refractivity contribution in [3.8, 4) is 11.5 Å². The van der Waals surface area contributed by atoms with E-state index in [1.165, 1.54) is 30.6 Å². The molecule has 0 aliphatic carbocycles. The third-order valence-electron chi connectivity index (χ3n) is 17.3. The van der Waals surface area contributed by atoms with E-state index in [1.807, 2.05) is 0 Å². The fourth-order valence-electron chi connectivity index (χ4n) is 12.9. The number of amides is 2. The Morgan fingerprint density at radius 1 is 0.344 bits per heavy atom. The Hall–Kier alpha value is -12.1. The van der Waals surface area contributed by atoms with Gasteiger partial charge in [-0.3, -0.25) is 76.7 Å². The van der Waals surface area contributed by atoms with Crippen LogP contribution in [-0.4, -0.2) is 301 Å². The molecule has 2 N–H and O–H groups in total. The molecular formula is C74H96N8O40. The molecule has 3 aromatic rings. The van der Waals surface area contributed by atoms with E-state index in [4.69, 9.17) is 109 Å². The van der Waals surface area contributed by atoms with Crippen LogP contribution in [0.15, 0.2) is 30.6 Å². The smallest absolute Gasteiger partial charge is 0.338 e. The van der Waals surface area contributed by atoms with Gasteiger partial charge in [0.1, 0.15) is 87.8 Å². The summed E-state index contributed by atoms with van der Waals surface area (Å²) in [6, 6.07) is 4.13. The maximum Gasteiger partial charge on any atom is 0.338 e. The quantitative estimate of drug-likeness (QED) is 0.0373. The number of carbonyl (C=O) groups is 17. The first-order valence-electron chi connectivity index (χ1n) is 37.7. The Morgan fingerprint density at radius 3 is 0.918 bits per heavy atom. The maximum atomic E-state index is 13.3. The molecule has 6 heterocycles. The number of aryl methyl sites for hydroxylation is 2. The van der Waals surface area contributed by atoms with Gasteiger partial charge in [0.15, 0.2) is 86.1 Å². The molecule has 0 saturated carbocycles. The molecule has 0 bridgehead atoms. The summed E-state index contributed by atoms with van der Waals surface area (Å²) in [5.41, 5.74) is 0.329. The number of benzene rings is 1. The Labute approximate surface area is 694 Å². The molecular weight excluding hydrogens is 1640 g/mol. The second-order valence-electron chi connectivity index (χ2n) is 27.3. The number of ether oxygens (including phenoxy) is 23. The Morgan fingerprint density at radius 2 is 0.623 bits per heavy atom. The molecule has 4 aliphatic heterocycles. The Bertz CT molecular complexity index is 3990. The topological polar surface area (TPSA) is 588 Å². The highest BCUT2D eigenvalue weighted by atomic mass is 16.8. The molecule has 2 aromatic heterocycles. The predicted molar refractivity (Wildman–Crippen MR) is 388 cm³/mol. The Balaban J connectivity index is 0.973. The predicted octanol–water partition coefficient (Wildman–Crippen LogP) is -1.50. The van der Waals surface area contributed by atoms with Gasteiger partial charge in [-0.1, -0.05) is 10.4 Å². The third-order valence-corrected chi connectivity index (χ3v) is 17.3. The summed E-state index contributed by atoms with van der Waals surface area (Å²) >= 11 is 0. The van der Waals surface area contributed by atoms with Crippen LogP contribution in [0.3, 0.4) is 0 Å². The second-order valence-corrected chi connectivity index (χ2v) is 27.3. The molecule has 0 spiro atoms. The van der Waals surface area contributed by atoms with Crippen molar-refractivity contribution in [1.29, 1.82) is 0 Å². The van der Waals surface area contributed by atoms with E-state index in [9.17, 15) is 81.5 Å². The van der Waals surface area contributed by atoms with E-state index in [-0.39, 0.29) is 80.4 Å². The van der Waals surface area contributed by atoms with Crippen LogP contribution in [0, 0.1) is 0 Å². The zero-order valence-corrected chi connectivity index (χ0v) is 68.9. The number of hydrogen-bond donors (Lipinski definition) is 2. The fraction of sp³-hybridized carbons (Fsp3) is 0.635. The van der Waals surface area contributed by atoms with E-state index < -0.39 is 250 Å². The lowest BCUT2D eigenvalue weighted by atomic mass is 9.95. The molecule has 7 rings (SSSR count). The number of aromatic nitrogens is 6. The van der Waals surface area contributed by atoms with Gasteiger partial charge in [0, 0.05) is 129 Å². The number of nitrogens with zero attached hydrogens (tertiary/aromatic N) is 6. The van der Waals surface area contributed by atoms with Gasteiger partial charge < -0.3 is 120 Å². The van der Waals surface area contributed by atoms with E-state index >= 15 is 0 Å². The molecule has 48 nitrogen and oxygen atoms in total. The summed E-state index contributed by atoms with van der Waals surface area (Å²) in [5, 5.41) is 22.0. The molecule has 20 atom stereocenters. The van der Waals surface area contributed by atoms with Crippen molar-refractivity contribution in [2.75, 3.05) is 59.8 Å². The highest BCUT2D eigenvalue weighted by Gasteiger charge is 2.61. The van der Waals surface area contributed by atoms with Gasteiger partial charge in [0.25, 0.3) is 0 Å². The lowest BCUT2D eigenvalue weighted by Gasteiger charge is -2.48. The first-order chi connectivity index (χ1) is 57.7. The van der Waals surface area contributed by atoms with Crippen molar-refractivity contribution in [2.24, 2.45) is 0 Å². The van der Waals surface area contributed by atoms with Crippen molar-refractivity contribution in [2.45, 2.75) is 245 Å². The minimum atomic E-state index is -1.94. The van der Waals surface area contributed by atoms with E-state index in [2.05, 4.69) is 31.3 Å². The maximum absolute atomic E-state index is 13.3. The Kier molecular flexibility index (Phi) is 36.6. The van der Waals surface area contributed by atoms with Crippen LogP contribution < -0.4 is 20.1 Å². The van der Waals surface area contributed by atoms with Crippen LogP contribution in [0.2, 0.25) is 0 Å². The van der Waals surface area contributed by atoms with Crippen molar-refractivity contribution >= 4 is 101 Å². The van der Waals surface area contributed by atoms with Gasteiger partial charge in [-0.25, -0.2) is 14.2 Å². The van der Waals surface area contributed by atoms with Gasteiger partial charge in [0.2, 0.25) is 11.8 Å². The van der Waals surface area contributed by atoms with Crippen LogP contribution >= 0.6 is 0 Å². The normalized spacial score (nSPS) is 25.9. The fourth-order valence-corrected chi connectivity index (χ4v) is 12.9. The van der Waals surface area contributed by atoms with Gasteiger partial charge in [-0.15, -0.1) is 10.2 Å². The lowest BCUT2D eigenvalue weighted by Crippen LogP contribution is -2.66. The van der Waals surface area contributed by atoms with Crippen molar-refractivity contribution in [3.05, 3.63) is 47.5 Å². The van der Waals surface area contributed by atoms with Gasteiger partial charge in [-0.2, -0.15) is 0 Å². The van der Waals surface area contributed by atoms with Gasteiger partial charge in [0.05, 0.1) is 49.5 Å². The summed E-state index contributed by atoms with van der Waals surface area (Å²) in [7, 11) is 1.15. The summed E-state index contributed by atoms with van der Waals surface area (Å²) in [6.45, 7) is 11.0. The van der Waals surface area contributed by atoms with E-state index in [1.54, 1.807) is 0 Å². The molecule has 4 saturated heterocycles. The monoisotopic (exact) mass is 1740 g/mol. The minimum absolute atomic E-state index is 0.00104. The zero-order chi connectivity index (χ0) is 89.9. The number of hydrogen-bond acceptors (Lipinski definition) is 44. The highest BCUT2D eigenvalue weighted by molar-refractivity contribution is 5.90. The molecule has 122 heavy (non-hydrogen) atoms. The number of esters is 15. The summed E-state index contributed by atoms with van der Waals surface area (Å²) in [5.74, 6) is -14.6. The van der Waals surface area contributed by atoms with Crippen molar-refractivity contribution in [1.82, 2.24) is 40.6 Å². The SMILES string of the molecule is COC(=O)c1cc(OCCNC(=O)CCc2cn([C@@H]3O[C@H](COC(C)=O)[C@@H](O[C@@H]4O[C@H](COC(C)=O)[C@@H](OC(C)=O)[C@H](OC(C)=O)[C@H]4OC(C)=O)[C@H](OC(C)=O)[C@H]3OC(C)=O)nn2)cc(OCCNC(=O)CCc2cn([C@@H]3O[C@H](COC(C)=O)[C@@H](O[C@@H]4O[C@H](COC(C)=O)[C@@H](OC(C)=O)[C@H](OC(C)=O)[C@H]4OC(C)=O)[C@H](OC(C)=O)[C@H]3OC(C)=O)nn2)c1. The van der Waals surface area contributed by atoms with Gasteiger partial charge in [-0.05, 0) is 12.1 Å². The molecule has 0 unspecified atom stereocenters.